The maximum absolute atomic E-state index is 7.60. The summed E-state index contributed by atoms with van der Waals surface area (Å²) in [6, 6.07) is 1.66. The molecule has 3 heteroatoms. The van der Waals surface area contributed by atoms with E-state index in [9.17, 15) is 0 Å². The van der Waals surface area contributed by atoms with Crippen LogP contribution in [0.25, 0.3) is 0 Å². The minimum absolute atomic E-state index is 0.0139. The average Bonchev–Trinajstić information content (AvgIpc) is 1.41. The van der Waals surface area contributed by atoms with Crippen LogP contribution in [-0.4, -0.2) is 6.54 Å². The van der Waals surface area contributed by atoms with Gasteiger partial charge in [0.15, 0.2) is 0 Å². The van der Waals surface area contributed by atoms with Gasteiger partial charge in [-0.05, 0) is 0 Å². The van der Waals surface area contributed by atoms with E-state index in [1.54, 1.807) is 6.07 Å². The molecule has 0 amide bonds. The van der Waals surface area contributed by atoms with Gasteiger partial charge in [-0.3, -0.25) is 0 Å². The van der Waals surface area contributed by atoms with Gasteiger partial charge >= 0.3 is 0 Å². The van der Waals surface area contributed by atoms with Crippen LogP contribution in [0.15, 0.2) is 5.11 Å². The molecule has 0 aromatic heterocycles. The zero-order valence-corrected chi connectivity index (χ0v) is 2.60. The van der Waals surface area contributed by atoms with E-state index >= 15 is 0 Å². The van der Waals surface area contributed by atoms with Gasteiger partial charge in [0.2, 0.25) is 0 Å². The van der Waals surface area contributed by atoms with E-state index in [1.165, 1.54) is 0 Å². The molecule has 0 aliphatic carbocycles. The van der Waals surface area contributed by atoms with Gasteiger partial charge in [0.25, 0.3) is 0 Å². The van der Waals surface area contributed by atoms with E-state index in [4.69, 9.17) is 10.8 Å². The number of nitrogens with one attached hydrogen (secondary N) is 1. The molecular weight excluding hydrogens is 66.0 g/mol. The fourth-order valence-corrected chi connectivity index (χ4v) is 0.0354. The van der Waals surface area contributed by atoms with Crippen molar-refractivity contribution in [3.05, 3.63) is 0 Å². The third-order valence-corrected chi connectivity index (χ3v) is 0.150. The highest BCUT2D eigenvalue weighted by Crippen LogP contribution is 1.54. The lowest BCUT2D eigenvalue weighted by molar-refractivity contribution is 1.01. The Morgan fingerprint density at radius 1 is 2.00 bits per heavy atom. The van der Waals surface area contributed by atoms with Gasteiger partial charge in [0.05, 0.1) is 6.07 Å². The molecule has 0 rings (SSSR count). The molecule has 0 bridgehead atoms. The summed E-state index contributed by atoms with van der Waals surface area (Å²) in [5.41, 5.74) is 6.01. The van der Waals surface area contributed by atoms with Crippen LogP contribution in [0, 0.1) is 16.9 Å². The van der Waals surface area contributed by atoms with Crippen molar-refractivity contribution in [2.24, 2.45) is 5.11 Å². The van der Waals surface area contributed by atoms with E-state index in [0.717, 1.165) is 0 Å². The Morgan fingerprint density at radius 2 is 2.60 bits per heavy atom. The fourth-order valence-electron chi connectivity index (χ4n) is 0.0354. The Bertz CT molecular complexity index is 59.8. The summed E-state index contributed by atoms with van der Waals surface area (Å²) in [5.74, 6) is 0. The average molecular weight is 69.1 g/mol. The van der Waals surface area contributed by atoms with Crippen LogP contribution in [-0.2, 0) is 0 Å². The van der Waals surface area contributed by atoms with E-state index in [1.807, 2.05) is 0 Å². The minimum Gasteiger partial charge on any atom is -0.209 e. The Morgan fingerprint density at radius 3 is 2.60 bits per heavy atom. The van der Waals surface area contributed by atoms with Crippen molar-refractivity contribution < 1.29 is 0 Å². The molecule has 0 aromatic rings. The molecule has 1 N–H and O–H groups in total. The lowest BCUT2D eigenvalue weighted by Crippen LogP contribution is -1.60. The third kappa shape index (κ3) is 3.09. The summed E-state index contributed by atoms with van der Waals surface area (Å²) in [4.78, 5) is 0. The van der Waals surface area contributed by atoms with Crippen LogP contribution in [0.3, 0.4) is 0 Å². The molecule has 5 heavy (non-hydrogen) atoms. The zero-order chi connectivity index (χ0) is 4.12. The Kier molecular flexibility index (Phi) is 2.53. The van der Waals surface area contributed by atoms with Crippen molar-refractivity contribution in [3.63, 3.8) is 0 Å². The Hall–Kier alpha value is -0.910. The van der Waals surface area contributed by atoms with E-state index in [2.05, 4.69) is 5.11 Å². The lowest BCUT2D eigenvalue weighted by Gasteiger charge is -1.56. The van der Waals surface area contributed by atoms with Crippen LogP contribution in [0.1, 0.15) is 0 Å². The van der Waals surface area contributed by atoms with Crippen molar-refractivity contribution in [2.75, 3.05) is 6.54 Å². The van der Waals surface area contributed by atoms with Gasteiger partial charge in [0, 0.05) is 0 Å². The molecule has 0 aliphatic heterocycles. The van der Waals surface area contributed by atoms with Gasteiger partial charge in [-0.25, -0.2) is 5.53 Å². The van der Waals surface area contributed by atoms with Crippen LogP contribution >= 0.6 is 0 Å². The second kappa shape index (κ2) is 3.09. The van der Waals surface area contributed by atoms with Crippen molar-refractivity contribution in [1.82, 2.24) is 0 Å². The first-order valence-electron chi connectivity index (χ1n) is 1.12. The third-order valence-electron chi connectivity index (χ3n) is 0.150. The first kappa shape index (κ1) is 4.09. The topological polar surface area (TPSA) is 60.0 Å². The van der Waals surface area contributed by atoms with Crippen molar-refractivity contribution in [2.45, 2.75) is 0 Å². The zero-order valence-electron chi connectivity index (χ0n) is 2.60. The summed E-state index contributed by atoms with van der Waals surface area (Å²) in [5, 5.41) is 10.3. The van der Waals surface area contributed by atoms with Crippen molar-refractivity contribution in [3.8, 4) is 6.07 Å². The second-order valence-electron chi connectivity index (χ2n) is 0.474. The molecule has 0 saturated heterocycles. The number of hydrogen-bond acceptors (Lipinski definition) is 3. The number of nitrogens with zero attached hydrogens (tertiary/aromatic N) is 2. The maximum atomic E-state index is 7.60. The Balaban J connectivity index is 2.75. The minimum atomic E-state index is -0.0139. The first-order valence-corrected chi connectivity index (χ1v) is 1.12. The van der Waals surface area contributed by atoms with Crippen molar-refractivity contribution >= 4 is 0 Å². The van der Waals surface area contributed by atoms with Gasteiger partial charge in [-0.15, -0.1) is 0 Å². The highest BCUT2D eigenvalue weighted by molar-refractivity contribution is 4.69. The summed E-state index contributed by atoms with van der Waals surface area (Å²) in [6.45, 7) is -0.0139. The molecule has 26 valence electrons. The molecule has 0 saturated carbocycles. The van der Waals surface area contributed by atoms with E-state index in [-0.39, 0.29) is 6.54 Å². The molecule has 0 radical (unpaired) electrons. The monoisotopic (exact) mass is 69.0 g/mol. The first-order chi connectivity index (χ1) is 2.41. The fraction of sp³-hybridized carbons (Fsp3) is 0.500. The predicted molar refractivity (Wildman–Crippen MR) is 15.6 cm³/mol. The number of rotatable bonds is 1. The SMILES string of the molecule is N#CCN=N. The second-order valence-corrected chi connectivity index (χ2v) is 0.474. The molecule has 0 aromatic carbocycles. The van der Waals surface area contributed by atoms with E-state index < -0.39 is 0 Å². The summed E-state index contributed by atoms with van der Waals surface area (Å²) in [6.07, 6.45) is 0. The van der Waals surface area contributed by atoms with E-state index in [0.29, 0.717) is 0 Å². The van der Waals surface area contributed by atoms with Gasteiger partial charge in [-0.2, -0.15) is 10.4 Å². The Labute approximate surface area is 29.7 Å². The summed E-state index contributed by atoms with van der Waals surface area (Å²) in [7, 11) is 0. The molecule has 0 heterocycles. The van der Waals surface area contributed by atoms with Gasteiger partial charge < -0.3 is 0 Å². The van der Waals surface area contributed by atoms with Crippen LogP contribution in [0.2, 0.25) is 0 Å². The molecule has 3 nitrogen and oxygen atoms in total. The maximum Gasteiger partial charge on any atom is 0.146 e. The quantitative estimate of drug-likeness (QED) is 0.354. The molecule has 0 unspecified atom stereocenters. The highest BCUT2D eigenvalue weighted by Gasteiger charge is 1.58. The molecule has 0 aliphatic rings. The summed E-state index contributed by atoms with van der Waals surface area (Å²) < 4.78 is 0. The summed E-state index contributed by atoms with van der Waals surface area (Å²) >= 11 is 0. The van der Waals surface area contributed by atoms with Gasteiger partial charge in [-0.1, -0.05) is 0 Å². The molecule has 0 spiro atoms. The normalized spacial score (nSPS) is 5.40. The van der Waals surface area contributed by atoms with Crippen LogP contribution in [0.4, 0.5) is 0 Å². The van der Waals surface area contributed by atoms with Gasteiger partial charge in [0.1, 0.15) is 6.54 Å². The van der Waals surface area contributed by atoms with Crippen LogP contribution in [0.5, 0.6) is 0 Å². The molecular formula is C2H3N3. The van der Waals surface area contributed by atoms with Crippen molar-refractivity contribution in [1.29, 1.82) is 10.8 Å². The predicted octanol–water partition coefficient (Wildman–Crippen LogP) is 0.541. The highest BCUT2D eigenvalue weighted by atomic mass is 14.9. The number of hydrogen-bond donors (Lipinski definition) is 1. The molecule has 0 atom stereocenters. The number of nitriles is 1. The molecule has 0 fully saturated rings. The lowest BCUT2D eigenvalue weighted by atomic mass is 10.8. The van der Waals surface area contributed by atoms with Crippen LogP contribution < -0.4 is 0 Å². The largest absolute Gasteiger partial charge is 0.209 e. The standard InChI is InChI=1S/C2H3N3/c3-1-2-5-4/h4H,2H2. The smallest absolute Gasteiger partial charge is 0.146 e.